The van der Waals surface area contributed by atoms with Crippen LogP contribution in [0.25, 0.3) is 0 Å². The third-order valence-electron chi connectivity index (χ3n) is 2.42. The van der Waals surface area contributed by atoms with Crippen LogP contribution in [0.3, 0.4) is 0 Å². The van der Waals surface area contributed by atoms with Crippen LogP contribution in [0, 0.1) is 0 Å². The normalized spacial score (nSPS) is 15.6. The zero-order valence-electron chi connectivity index (χ0n) is 9.38. The van der Waals surface area contributed by atoms with Crippen LogP contribution in [-0.2, 0) is 15.1 Å². The largest absolute Gasteiger partial charge is 0.378 e. The van der Waals surface area contributed by atoms with E-state index in [1.807, 2.05) is 19.0 Å². The van der Waals surface area contributed by atoms with Gasteiger partial charge in [-0.1, -0.05) is 12.1 Å². The lowest BCUT2D eigenvalue weighted by Crippen LogP contribution is -2.31. The zero-order valence-corrected chi connectivity index (χ0v) is 10.2. The molecule has 0 saturated carbocycles. The molecule has 16 heavy (non-hydrogen) atoms. The van der Waals surface area contributed by atoms with Gasteiger partial charge in [0.1, 0.15) is 0 Å². The minimum atomic E-state index is -4.55. The lowest BCUT2D eigenvalue weighted by molar-refractivity contribution is 0.132. The van der Waals surface area contributed by atoms with Gasteiger partial charge in [0.05, 0.1) is 0 Å². The summed E-state index contributed by atoms with van der Waals surface area (Å²) in [5.41, 5.74) is 0.996. The van der Waals surface area contributed by atoms with Gasteiger partial charge in [-0.25, -0.2) is 0 Å². The van der Waals surface area contributed by atoms with Crippen molar-refractivity contribution >= 4 is 15.8 Å². The predicted octanol–water partition coefficient (Wildman–Crippen LogP) is 0.805. The van der Waals surface area contributed by atoms with Crippen molar-refractivity contribution in [3.63, 3.8) is 0 Å². The first-order valence-corrected chi connectivity index (χ1v) is 6.07. The second-order valence-electron chi connectivity index (χ2n) is 3.90. The van der Waals surface area contributed by atoms with Gasteiger partial charge in [0, 0.05) is 25.3 Å². The van der Waals surface area contributed by atoms with E-state index in [0.29, 0.717) is 0 Å². The summed E-state index contributed by atoms with van der Waals surface area (Å²) in [6, 6.07) is 6.25. The molecule has 0 aliphatic rings. The summed E-state index contributed by atoms with van der Waals surface area (Å²) in [4.78, 5) is -0.441. The Bertz CT molecular complexity index is 462. The third kappa shape index (κ3) is 2.34. The fraction of sp³-hybridized carbons (Fsp3) is 0.400. The summed E-state index contributed by atoms with van der Waals surface area (Å²) in [6.07, 6.45) is 0. The highest BCUT2D eigenvalue weighted by atomic mass is 32.2. The van der Waals surface area contributed by atoms with E-state index in [-0.39, 0.29) is 5.56 Å². The van der Waals surface area contributed by atoms with E-state index < -0.39 is 15.1 Å². The molecule has 0 aliphatic carbocycles. The quantitative estimate of drug-likeness (QED) is 0.770. The summed E-state index contributed by atoms with van der Waals surface area (Å²) < 4.78 is 30.8. The molecule has 0 radical (unpaired) electrons. The molecular weight excluding hydrogens is 230 g/mol. The number of hydrogen-bond acceptors (Lipinski definition) is 4. The average Bonchev–Trinajstić information content (AvgIpc) is 2.16. The van der Waals surface area contributed by atoms with Crippen molar-refractivity contribution in [1.82, 2.24) is 0 Å². The lowest BCUT2D eigenvalue weighted by Gasteiger charge is -2.21. The van der Waals surface area contributed by atoms with Gasteiger partial charge in [0.25, 0.3) is 10.1 Å². The van der Waals surface area contributed by atoms with E-state index in [1.165, 1.54) is 12.1 Å². The molecule has 2 N–H and O–H groups in total. The van der Waals surface area contributed by atoms with Crippen molar-refractivity contribution in [2.45, 2.75) is 11.9 Å². The van der Waals surface area contributed by atoms with E-state index >= 15 is 0 Å². The standard InChI is InChI=1S/C10H15NO4S/c1-10(12,16(13,14)15)8-4-6-9(7-5-8)11(2)3/h4-7,12H,1-3H3,(H,13,14,15). The molecule has 1 rings (SSSR count). The Morgan fingerprint density at radius 3 is 1.94 bits per heavy atom. The second kappa shape index (κ2) is 4.04. The van der Waals surface area contributed by atoms with Crippen LogP contribution in [0.15, 0.2) is 24.3 Å². The maximum atomic E-state index is 11.0. The van der Waals surface area contributed by atoms with Crippen LogP contribution in [-0.4, -0.2) is 32.2 Å². The Hall–Kier alpha value is -1.11. The number of rotatable bonds is 3. The van der Waals surface area contributed by atoms with Crippen molar-refractivity contribution in [2.24, 2.45) is 0 Å². The second-order valence-corrected chi connectivity index (χ2v) is 5.64. The number of anilines is 1. The van der Waals surface area contributed by atoms with Gasteiger partial charge in [-0.05, 0) is 19.1 Å². The van der Waals surface area contributed by atoms with Crippen molar-refractivity contribution in [3.05, 3.63) is 29.8 Å². The van der Waals surface area contributed by atoms with Gasteiger partial charge in [-0.3, -0.25) is 4.55 Å². The topological polar surface area (TPSA) is 77.8 Å². The van der Waals surface area contributed by atoms with Crippen molar-refractivity contribution < 1.29 is 18.1 Å². The van der Waals surface area contributed by atoms with E-state index in [4.69, 9.17) is 4.55 Å². The fourth-order valence-electron chi connectivity index (χ4n) is 1.22. The predicted molar refractivity (Wildman–Crippen MR) is 61.9 cm³/mol. The Balaban J connectivity index is 3.17. The highest BCUT2D eigenvalue weighted by Gasteiger charge is 2.37. The molecule has 0 aromatic heterocycles. The Labute approximate surface area is 95.1 Å². The summed E-state index contributed by atoms with van der Waals surface area (Å²) in [5.74, 6) is 0. The van der Waals surface area contributed by atoms with Crippen LogP contribution >= 0.6 is 0 Å². The van der Waals surface area contributed by atoms with E-state index in [2.05, 4.69) is 0 Å². The molecule has 0 fully saturated rings. The molecule has 1 atom stereocenters. The minimum absolute atomic E-state index is 0.126. The molecule has 1 aromatic rings. The van der Waals surface area contributed by atoms with Gasteiger partial charge < -0.3 is 10.0 Å². The van der Waals surface area contributed by atoms with Crippen LogP contribution in [0.1, 0.15) is 12.5 Å². The van der Waals surface area contributed by atoms with Gasteiger partial charge in [-0.15, -0.1) is 0 Å². The summed E-state index contributed by atoms with van der Waals surface area (Å²) in [6.45, 7) is 1.03. The van der Waals surface area contributed by atoms with Crippen LogP contribution < -0.4 is 4.90 Å². The van der Waals surface area contributed by atoms with Crippen molar-refractivity contribution in [3.8, 4) is 0 Å². The Kier molecular flexibility index (Phi) is 3.27. The molecule has 1 aromatic carbocycles. The first-order chi connectivity index (χ1) is 7.16. The van der Waals surface area contributed by atoms with Gasteiger partial charge in [0.15, 0.2) is 0 Å². The summed E-state index contributed by atoms with van der Waals surface area (Å²) in [5, 5.41) is 9.70. The molecule has 0 bridgehead atoms. The van der Waals surface area contributed by atoms with E-state index in [1.54, 1.807) is 12.1 Å². The number of aliphatic hydroxyl groups is 1. The number of benzene rings is 1. The molecule has 0 saturated heterocycles. The van der Waals surface area contributed by atoms with Crippen molar-refractivity contribution in [2.75, 3.05) is 19.0 Å². The molecular formula is C10H15NO4S. The van der Waals surface area contributed by atoms with Crippen LogP contribution in [0.4, 0.5) is 5.69 Å². The first kappa shape index (κ1) is 13.0. The number of nitrogens with zero attached hydrogens (tertiary/aromatic N) is 1. The Morgan fingerprint density at radius 2 is 1.62 bits per heavy atom. The van der Waals surface area contributed by atoms with E-state index in [0.717, 1.165) is 12.6 Å². The molecule has 90 valence electrons. The third-order valence-corrected chi connectivity index (χ3v) is 3.66. The summed E-state index contributed by atoms with van der Waals surface area (Å²) in [7, 11) is -0.860. The molecule has 0 aliphatic heterocycles. The van der Waals surface area contributed by atoms with Crippen LogP contribution in [0.2, 0.25) is 0 Å². The molecule has 1 unspecified atom stereocenters. The molecule has 6 heteroatoms. The zero-order chi connectivity index (χ0) is 12.6. The number of hydrogen-bond donors (Lipinski definition) is 2. The molecule has 0 spiro atoms. The average molecular weight is 245 g/mol. The van der Waals surface area contributed by atoms with E-state index in [9.17, 15) is 13.5 Å². The minimum Gasteiger partial charge on any atom is -0.378 e. The maximum Gasteiger partial charge on any atom is 0.299 e. The smallest absolute Gasteiger partial charge is 0.299 e. The van der Waals surface area contributed by atoms with Crippen molar-refractivity contribution in [1.29, 1.82) is 0 Å². The maximum absolute atomic E-state index is 11.0. The Morgan fingerprint density at radius 1 is 1.19 bits per heavy atom. The highest BCUT2D eigenvalue weighted by molar-refractivity contribution is 7.86. The van der Waals surface area contributed by atoms with Gasteiger partial charge in [-0.2, -0.15) is 8.42 Å². The van der Waals surface area contributed by atoms with Gasteiger partial charge in [0.2, 0.25) is 4.93 Å². The van der Waals surface area contributed by atoms with Gasteiger partial charge >= 0.3 is 0 Å². The monoisotopic (exact) mass is 245 g/mol. The molecule has 5 nitrogen and oxygen atoms in total. The highest BCUT2D eigenvalue weighted by Crippen LogP contribution is 2.27. The lowest BCUT2D eigenvalue weighted by atomic mass is 10.1. The molecule has 0 heterocycles. The molecule has 0 amide bonds. The first-order valence-electron chi connectivity index (χ1n) is 4.63. The summed E-state index contributed by atoms with van der Waals surface area (Å²) >= 11 is 0. The van der Waals surface area contributed by atoms with Crippen LogP contribution in [0.5, 0.6) is 0 Å². The SMILES string of the molecule is CN(C)c1ccc(C(C)(O)S(=O)(=O)O)cc1. The fourth-order valence-corrected chi connectivity index (χ4v) is 1.65.